The van der Waals surface area contributed by atoms with Crippen LogP contribution in [0.1, 0.15) is 5.56 Å². The number of hydrogen-bond acceptors (Lipinski definition) is 2. The Morgan fingerprint density at radius 1 is 0.431 bits per heavy atom. The number of thiophene rings is 1. The predicted molar refractivity (Wildman–Crippen MR) is 249 cm³/mol. The Morgan fingerprint density at radius 3 is 1.71 bits per heavy atom. The van der Waals surface area contributed by atoms with Crippen molar-refractivity contribution < 1.29 is 0 Å². The molecule has 0 aliphatic heterocycles. The summed E-state index contributed by atoms with van der Waals surface area (Å²) < 4.78 is 4.99. The topological polar surface area (TPSA) is 8.17 Å². The molecule has 0 bridgehead atoms. The van der Waals surface area contributed by atoms with Crippen LogP contribution in [0.15, 0.2) is 212 Å². The zero-order valence-corrected chi connectivity index (χ0v) is 32.8. The minimum absolute atomic E-state index is 1.11. The molecule has 11 rings (SSSR count). The minimum atomic E-state index is 1.11. The Bertz CT molecular complexity index is 3230. The Labute approximate surface area is 342 Å². The van der Waals surface area contributed by atoms with E-state index in [1.807, 2.05) is 11.3 Å². The van der Waals surface area contributed by atoms with E-state index >= 15 is 0 Å². The van der Waals surface area contributed by atoms with Crippen LogP contribution in [-0.2, 0) is 0 Å². The van der Waals surface area contributed by atoms with Gasteiger partial charge in [0.2, 0.25) is 0 Å². The molecular formula is C55H38N2S. The van der Waals surface area contributed by atoms with Gasteiger partial charge in [0.25, 0.3) is 0 Å². The first kappa shape index (κ1) is 34.1. The summed E-state index contributed by atoms with van der Waals surface area (Å²) in [5.41, 5.74) is 15.5. The SMILES string of the molecule is Cc1cc(N(c2ccccc2)c2ccc(-c3ccccc3-n3c4ccccc4c4ccccc43)c3sc4ccccc4c23)cc(-c2ccccc2)c1-c1ccccc1. The lowest BCUT2D eigenvalue weighted by Crippen LogP contribution is -2.11. The van der Waals surface area contributed by atoms with E-state index < -0.39 is 0 Å². The van der Waals surface area contributed by atoms with E-state index in [1.165, 1.54) is 86.6 Å². The van der Waals surface area contributed by atoms with Gasteiger partial charge in [-0.3, -0.25) is 0 Å². The van der Waals surface area contributed by atoms with Crippen molar-refractivity contribution in [3.8, 4) is 39.1 Å². The van der Waals surface area contributed by atoms with Crippen molar-refractivity contribution in [2.75, 3.05) is 4.90 Å². The monoisotopic (exact) mass is 758 g/mol. The first-order valence-corrected chi connectivity index (χ1v) is 20.7. The maximum atomic E-state index is 2.47. The fraction of sp³-hybridized carbons (Fsp3) is 0.0182. The summed E-state index contributed by atoms with van der Waals surface area (Å²) in [5, 5.41) is 5.04. The van der Waals surface area contributed by atoms with E-state index in [2.05, 4.69) is 229 Å². The molecule has 3 heteroatoms. The summed E-state index contributed by atoms with van der Waals surface area (Å²) in [7, 11) is 0. The van der Waals surface area contributed by atoms with E-state index in [4.69, 9.17) is 0 Å². The lowest BCUT2D eigenvalue weighted by molar-refractivity contribution is 1.18. The predicted octanol–water partition coefficient (Wildman–Crippen LogP) is 15.9. The van der Waals surface area contributed by atoms with Gasteiger partial charge in [0.15, 0.2) is 0 Å². The van der Waals surface area contributed by atoms with Gasteiger partial charge in [0.1, 0.15) is 0 Å². The van der Waals surface area contributed by atoms with Crippen LogP contribution in [0.25, 0.3) is 81.0 Å². The van der Waals surface area contributed by atoms with Crippen LogP contribution in [0.4, 0.5) is 17.1 Å². The van der Waals surface area contributed by atoms with E-state index in [0.717, 1.165) is 17.1 Å². The number of anilines is 3. The van der Waals surface area contributed by atoms with Crippen LogP contribution in [-0.4, -0.2) is 4.57 Å². The summed E-state index contributed by atoms with van der Waals surface area (Å²) in [6, 6.07) is 77.3. The third-order valence-electron chi connectivity index (χ3n) is 11.5. The number of fused-ring (bicyclic) bond motifs is 6. The molecule has 0 saturated heterocycles. The average molecular weight is 759 g/mol. The smallest absolute Gasteiger partial charge is 0.0555 e. The van der Waals surface area contributed by atoms with E-state index in [-0.39, 0.29) is 0 Å². The molecule has 0 atom stereocenters. The molecule has 0 spiro atoms. The molecule has 2 heterocycles. The lowest BCUT2D eigenvalue weighted by atomic mass is 9.90. The van der Waals surface area contributed by atoms with Crippen LogP contribution in [0.5, 0.6) is 0 Å². The Morgan fingerprint density at radius 2 is 1.00 bits per heavy atom. The van der Waals surface area contributed by atoms with Crippen molar-refractivity contribution in [2.24, 2.45) is 0 Å². The van der Waals surface area contributed by atoms with Crippen molar-refractivity contribution in [3.63, 3.8) is 0 Å². The molecular weight excluding hydrogens is 721 g/mol. The Balaban J connectivity index is 1.19. The zero-order valence-electron chi connectivity index (χ0n) is 32.0. The maximum absolute atomic E-state index is 2.47. The average Bonchev–Trinajstić information content (AvgIpc) is 3.84. The Kier molecular flexibility index (Phi) is 8.27. The molecule has 0 amide bonds. The van der Waals surface area contributed by atoms with Crippen molar-refractivity contribution >= 4 is 70.4 Å². The molecule has 2 aromatic heterocycles. The van der Waals surface area contributed by atoms with Gasteiger partial charge in [-0.15, -0.1) is 11.3 Å². The summed E-state index contributed by atoms with van der Waals surface area (Å²) in [4.78, 5) is 2.47. The van der Waals surface area contributed by atoms with E-state index in [9.17, 15) is 0 Å². The summed E-state index contributed by atoms with van der Waals surface area (Å²) in [6.45, 7) is 2.26. The highest BCUT2D eigenvalue weighted by Gasteiger charge is 2.24. The van der Waals surface area contributed by atoms with Crippen LogP contribution in [0.3, 0.4) is 0 Å². The fourth-order valence-electron chi connectivity index (χ4n) is 9.02. The van der Waals surface area contributed by atoms with Crippen molar-refractivity contribution in [1.29, 1.82) is 0 Å². The molecule has 0 aliphatic carbocycles. The number of aromatic nitrogens is 1. The lowest BCUT2D eigenvalue weighted by Gasteiger charge is -2.29. The zero-order chi connectivity index (χ0) is 38.6. The normalized spacial score (nSPS) is 11.5. The first-order chi connectivity index (χ1) is 28.7. The number of rotatable bonds is 7. The van der Waals surface area contributed by atoms with Gasteiger partial charge in [-0.05, 0) is 89.3 Å². The molecule has 0 saturated carbocycles. The molecule has 58 heavy (non-hydrogen) atoms. The fourth-order valence-corrected chi connectivity index (χ4v) is 10.3. The van der Waals surface area contributed by atoms with Crippen LogP contribution >= 0.6 is 11.3 Å². The van der Waals surface area contributed by atoms with Crippen molar-refractivity contribution in [1.82, 2.24) is 4.57 Å². The molecule has 0 N–H and O–H groups in total. The van der Waals surface area contributed by atoms with Gasteiger partial charge >= 0.3 is 0 Å². The number of aryl methyl sites for hydroxylation is 1. The molecule has 11 aromatic rings. The van der Waals surface area contributed by atoms with Gasteiger partial charge in [0, 0.05) is 53.4 Å². The summed E-state index contributed by atoms with van der Waals surface area (Å²) in [6.07, 6.45) is 0. The Hall–Kier alpha value is -7.20. The molecule has 0 fully saturated rings. The van der Waals surface area contributed by atoms with Crippen LogP contribution in [0.2, 0.25) is 0 Å². The second-order valence-corrected chi connectivity index (χ2v) is 16.0. The number of benzene rings is 9. The third-order valence-corrected chi connectivity index (χ3v) is 12.7. The van der Waals surface area contributed by atoms with Gasteiger partial charge < -0.3 is 9.47 Å². The van der Waals surface area contributed by atoms with Gasteiger partial charge in [-0.1, -0.05) is 158 Å². The molecule has 2 nitrogen and oxygen atoms in total. The maximum Gasteiger partial charge on any atom is 0.0555 e. The highest BCUT2D eigenvalue weighted by molar-refractivity contribution is 7.26. The first-order valence-electron chi connectivity index (χ1n) is 19.9. The second-order valence-electron chi connectivity index (χ2n) is 14.9. The van der Waals surface area contributed by atoms with Crippen LogP contribution in [0, 0.1) is 6.92 Å². The van der Waals surface area contributed by atoms with Gasteiger partial charge in [-0.2, -0.15) is 0 Å². The summed E-state index contributed by atoms with van der Waals surface area (Å²) in [5.74, 6) is 0. The largest absolute Gasteiger partial charge is 0.310 e. The van der Waals surface area contributed by atoms with E-state index in [0.29, 0.717) is 0 Å². The van der Waals surface area contributed by atoms with Crippen molar-refractivity contribution in [2.45, 2.75) is 6.92 Å². The standard InChI is InChI=1S/C55H38N2S/c1-37-35-41(36-47(38-19-5-2-6-20-38)53(37)39-21-7-3-8-22-39)56(40-23-9-4-10-24-40)51-34-33-45(55-54(51)46-28-14-18-32-52(46)58-55)44-27-13-17-31-50(44)57-48-29-15-11-25-42(48)43-26-12-16-30-49(43)57/h2-36H,1H3. The minimum Gasteiger partial charge on any atom is -0.310 e. The quantitative estimate of drug-likeness (QED) is 0.157. The highest BCUT2D eigenvalue weighted by atomic mass is 32.1. The molecule has 0 radical (unpaired) electrons. The summed E-state index contributed by atoms with van der Waals surface area (Å²) >= 11 is 1.89. The highest BCUT2D eigenvalue weighted by Crippen LogP contribution is 2.50. The second kappa shape index (κ2) is 14.1. The van der Waals surface area contributed by atoms with Gasteiger partial charge in [-0.25, -0.2) is 0 Å². The molecule has 274 valence electrons. The number of para-hydroxylation sites is 4. The number of hydrogen-bond donors (Lipinski definition) is 0. The molecule has 9 aromatic carbocycles. The van der Waals surface area contributed by atoms with Gasteiger partial charge in [0.05, 0.1) is 22.4 Å². The van der Waals surface area contributed by atoms with Crippen LogP contribution < -0.4 is 4.90 Å². The van der Waals surface area contributed by atoms with Crippen molar-refractivity contribution in [3.05, 3.63) is 218 Å². The molecule has 0 aliphatic rings. The van der Waals surface area contributed by atoms with E-state index in [1.54, 1.807) is 0 Å². The number of nitrogens with zero attached hydrogens (tertiary/aromatic N) is 2. The molecule has 0 unspecified atom stereocenters. The third kappa shape index (κ3) is 5.55.